The Balaban J connectivity index is 1.48. The van der Waals surface area contributed by atoms with Gasteiger partial charge in [-0.05, 0) is 39.0 Å². The molecule has 0 atom stereocenters. The average molecular weight is 399 g/mol. The van der Waals surface area contributed by atoms with E-state index in [2.05, 4.69) is 5.32 Å². The number of hydrogen-bond acceptors (Lipinski definition) is 6. The number of carbonyl (C=O) groups is 2. The molecule has 0 fully saturated rings. The first-order valence-corrected chi connectivity index (χ1v) is 9.49. The van der Waals surface area contributed by atoms with Crippen LogP contribution in [0, 0.1) is 0 Å². The molecular formula is C22H25NO6. The molecule has 0 aromatic heterocycles. The molecule has 0 spiro atoms. The van der Waals surface area contributed by atoms with Gasteiger partial charge in [0.1, 0.15) is 11.4 Å². The van der Waals surface area contributed by atoms with Crippen LogP contribution in [0.4, 0.5) is 5.69 Å². The normalized spacial score (nSPS) is 13.8. The lowest BCUT2D eigenvalue weighted by Crippen LogP contribution is -2.25. The number of anilines is 1. The van der Waals surface area contributed by atoms with Gasteiger partial charge in [-0.3, -0.25) is 4.79 Å². The molecule has 0 saturated carbocycles. The predicted molar refractivity (Wildman–Crippen MR) is 108 cm³/mol. The van der Waals surface area contributed by atoms with Crippen LogP contribution in [0.3, 0.4) is 0 Å². The topological polar surface area (TPSA) is 83.1 Å². The van der Waals surface area contributed by atoms with E-state index >= 15 is 0 Å². The Hall–Kier alpha value is -3.22. The minimum Gasteiger partial charge on any atom is -0.492 e. The highest BCUT2D eigenvalue weighted by Crippen LogP contribution is 2.41. The Morgan fingerprint density at radius 2 is 1.79 bits per heavy atom. The predicted octanol–water partition coefficient (Wildman–Crippen LogP) is 3.36. The van der Waals surface area contributed by atoms with Crippen LogP contribution < -0.4 is 19.5 Å². The lowest BCUT2D eigenvalue weighted by Gasteiger charge is -2.18. The van der Waals surface area contributed by atoms with Gasteiger partial charge in [0.05, 0.1) is 12.3 Å². The maximum Gasteiger partial charge on any atom is 0.344 e. The van der Waals surface area contributed by atoms with E-state index in [4.69, 9.17) is 18.9 Å². The molecule has 0 radical (unpaired) electrons. The van der Waals surface area contributed by atoms with Gasteiger partial charge in [-0.2, -0.15) is 0 Å². The molecule has 1 aliphatic rings. The summed E-state index contributed by atoms with van der Waals surface area (Å²) in [5, 5.41) is 2.67. The summed E-state index contributed by atoms with van der Waals surface area (Å²) < 4.78 is 21.9. The first-order chi connectivity index (χ1) is 13.9. The fraction of sp³-hybridized carbons (Fsp3) is 0.364. The van der Waals surface area contributed by atoms with E-state index in [-0.39, 0.29) is 12.2 Å². The molecule has 154 valence electrons. The second kappa shape index (κ2) is 8.86. The van der Waals surface area contributed by atoms with Crippen LogP contribution in [0.25, 0.3) is 0 Å². The van der Waals surface area contributed by atoms with Gasteiger partial charge in [0.15, 0.2) is 24.7 Å². The number of nitrogens with one attached hydrogen (secondary N) is 1. The highest BCUT2D eigenvalue weighted by Gasteiger charge is 2.32. The molecule has 1 N–H and O–H groups in total. The van der Waals surface area contributed by atoms with E-state index in [0.29, 0.717) is 29.5 Å². The second-order valence-corrected chi connectivity index (χ2v) is 7.21. The number of esters is 1. The quantitative estimate of drug-likeness (QED) is 0.686. The van der Waals surface area contributed by atoms with Crippen LogP contribution in [0.5, 0.6) is 17.2 Å². The summed E-state index contributed by atoms with van der Waals surface area (Å²) in [7, 11) is 0. The molecule has 2 aromatic carbocycles. The first-order valence-electron chi connectivity index (χ1n) is 9.49. The number of para-hydroxylation sites is 3. The van der Waals surface area contributed by atoms with E-state index in [9.17, 15) is 9.59 Å². The number of benzene rings is 2. The van der Waals surface area contributed by atoms with Gasteiger partial charge in [0.25, 0.3) is 5.91 Å². The lowest BCUT2D eigenvalue weighted by molar-refractivity contribution is -0.149. The van der Waals surface area contributed by atoms with Gasteiger partial charge in [-0.1, -0.05) is 24.3 Å². The van der Waals surface area contributed by atoms with Gasteiger partial charge in [-0.25, -0.2) is 4.79 Å². The Morgan fingerprint density at radius 3 is 2.59 bits per heavy atom. The summed E-state index contributed by atoms with van der Waals surface area (Å²) in [4.78, 5) is 24.0. The van der Waals surface area contributed by atoms with E-state index in [1.807, 2.05) is 39.0 Å². The number of ether oxygens (including phenoxy) is 4. The summed E-state index contributed by atoms with van der Waals surface area (Å²) >= 11 is 0. The summed E-state index contributed by atoms with van der Waals surface area (Å²) in [6.07, 6.45) is 0.771. The third-order valence-corrected chi connectivity index (χ3v) is 4.23. The van der Waals surface area contributed by atoms with Crippen molar-refractivity contribution in [1.82, 2.24) is 0 Å². The molecule has 2 aromatic rings. The van der Waals surface area contributed by atoms with Gasteiger partial charge >= 0.3 is 5.97 Å². The Labute approximate surface area is 169 Å². The standard InChI is InChI=1S/C22H25NO6/c1-4-26-17-10-6-5-9-16(17)23-19(24)13-28-20(25)14-27-18-11-7-8-15-12-22(2,3)29-21(15)18/h5-11H,4,12-14H2,1-3H3,(H,23,24). The minimum absolute atomic E-state index is 0.307. The summed E-state index contributed by atoms with van der Waals surface area (Å²) in [6, 6.07) is 12.6. The van der Waals surface area contributed by atoms with Gasteiger partial charge in [0, 0.05) is 12.0 Å². The Bertz CT molecular complexity index is 893. The summed E-state index contributed by atoms with van der Waals surface area (Å²) in [6.45, 7) is 5.58. The SMILES string of the molecule is CCOc1ccccc1NC(=O)COC(=O)COc1cccc2c1OC(C)(C)C2. The lowest BCUT2D eigenvalue weighted by atomic mass is 10.0. The average Bonchev–Trinajstić information content (AvgIpc) is 3.01. The van der Waals surface area contributed by atoms with Crippen LogP contribution >= 0.6 is 0 Å². The smallest absolute Gasteiger partial charge is 0.344 e. The van der Waals surface area contributed by atoms with Crippen molar-refractivity contribution in [3.8, 4) is 17.2 Å². The third kappa shape index (κ3) is 5.40. The molecule has 1 aliphatic heterocycles. The number of rotatable bonds is 8. The molecule has 29 heavy (non-hydrogen) atoms. The number of carbonyl (C=O) groups excluding carboxylic acids is 2. The van der Waals surface area contributed by atoms with E-state index in [1.165, 1.54) is 0 Å². The highest BCUT2D eigenvalue weighted by atomic mass is 16.6. The zero-order valence-electron chi connectivity index (χ0n) is 16.8. The minimum atomic E-state index is -0.645. The molecule has 1 heterocycles. The summed E-state index contributed by atoms with van der Waals surface area (Å²) in [5.41, 5.74) is 1.25. The zero-order chi connectivity index (χ0) is 20.9. The fourth-order valence-corrected chi connectivity index (χ4v) is 3.06. The molecule has 7 nitrogen and oxygen atoms in total. The number of amides is 1. The van der Waals surface area contributed by atoms with E-state index in [0.717, 1.165) is 12.0 Å². The number of fused-ring (bicyclic) bond motifs is 1. The maximum absolute atomic E-state index is 12.1. The highest BCUT2D eigenvalue weighted by molar-refractivity contribution is 5.94. The van der Waals surface area contributed by atoms with Crippen molar-refractivity contribution < 1.29 is 28.5 Å². The summed E-state index contributed by atoms with van der Waals surface area (Å²) in [5.74, 6) is 0.582. The first kappa shape index (κ1) is 20.5. The number of hydrogen-bond donors (Lipinski definition) is 1. The second-order valence-electron chi connectivity index (χ2n) is 7.21. The van der Waals surface area contributed by atoms with E-state index in [1.54, 1.807) is 24.3 Å². The van der Waals surface area contributed by atoms with Crippen molar-refractivity contribution >= 4 is 17.6 Å². The van der Waals surface area contributed by atoms with Crippen LogP contribution in [0.2, 0.25) is 0 Å². The zero-order valence-corrected chi connectivity index (χ0v) is 16.8. The molecule has 0 aliphatic carbocycles. The van der Waals surface area contributed by atoms with Crippen LogP contribution in [-0.2, 0) is 20.7 Å². The molecule has 0 unspecified atom stereocenters. The molecule has 0 saturated heterocycles. The van der Waals surface area contributed by atoms with E-state index < -0.39 is 18.5 Å². The molecule has 1 amide bonds. The van der Waals surface area contributed by atoms with Gasteiger partial charge < -0.3 is 24.3 Å². The van der Waals surface area contributed by atoms with Crippen molar-refractivity contribution in [3.63, 3.8) is 0 Å². The maximum atomic E-state index is 12.1. The molecular weight excluding hydrogens is 374 g/mol. The molecule has 7 heteroatoms. The van der Waals surface area contributed by atoms with Crippen molar-refractivity contribution in [3.05, 3.63) is 48.0 Å². The van der Waals surface area contributed by atoms with Crippen molar-refractivity contribution in [1.29, 1.82) is 0 Å². The van der Waals surface area contributed by atoms with Gasteiger partial charge in [0.2, 0.25) is 0 Å². The van der Waals surface area contributed by atoms with Crippen LogP contribution in [0.15, 0.2) is 42.5 Å². The van der Waals surface area contributed by atoms with Crippen molar-refractivity contribution in [2.75, 3.05) is 25.1 Å². The third-order valence-electron chi connectivity index (χ3n) is 4.23. The fourth-order valence-electron chi connectivity index (χ4n) is 3.06. The Morgan fingerprint density at radius 1 is 1.03 bits per heavy atom. The monoisotopic (exact) mass is 399 g/mol. The Kier molecular flexibility index (Phi) is 6.26. The van der Waals surface area contributed by atoms with Crippen molar-refractivity contribution in [2.24, 2.45) is 0 Å². The largest absolute Gasteiger partial charge is 0.492 e. The molecule has 3 rings (SSSR count). The van der Waals surface area contributed by atoms with Crippen LogP contribution in [-0.4, -0.2) is 37.3 Å². The van der Waals surface area contributed by atoms with Gasteiger partial charge in [-0.15, -0.1) is 0 Å². The van der Waals surface area contributed by atoms with Crippen LogP contribution in [0.1, 0.15) is 26.3 Å². The van der Waals surface area contributed by atoms with Crippen molar-refractivity contribution in [2.45, 2.75) is 32.8 Å². The molecule has 0 bridgehead atoms.